The Labute approximate surface area is 123 Å². The highest BCUT2D eigenvalue weighted by atomic mass is 79.9. The van der Waals surface area contributed by atoms with Gasteiger partial charge in [0.1, 0.15) is 0 Å². The summed E-state index contributed by atoms with van der Waals surface area (Å²) in [6.45, 7) is 3.09. The minimum atomic E-state index is 0.0381. The smallest absolute Gasteiger partial charge is 0.0702 e. The average Bonchev–Trinajstić information content (AvgIpc) is 2.42. The van der Waals surface area contributed by atoms with Crippen LogP contribution in [0.15, 0.2) is 22.7 Å². The molecule has 0 spiro atoms. The Morgan fingerprint density at radius 2 is 1.89 bits per heavy atom. The lowest BCUT2D eigenvalue weighted by atomic mass is 10.1. The molecule has 1 rings (SSSR count). The molecule has 0 atom stereocenters. The van der Waals surface area contributed by atoms with Gasteiger partial charge in [0.15, 0.2) is 0 Å². The number of hydrogen-bond donors (Lipinski definition) is 1. The van der Waals surface area contributed by atoms with E-state index < -0.39 is 0 Å². The first-order chi connectivity index (χ1) is 9.22. The third kappa shape index (κ3) is 5.48. The fraction of sp³-hybridized carbons (Fsp3) is 0.571. The van der Waals surface area contributed by atoms with Crippen molar-refractivity contribution < 1.29 is 14.6 Å². The first-order valence-corrected chi connectivity index (χ1v) is 7.14. The van der Waals surface area contributed by atoms with E-state index >= 15 is 0 Å². The molecule has 0 radical (unpaired) electrons. The van der Waals surface area contributed by atoms with E-state index in [1.807, 2.05) is 18.2 Å². The van der Waals surface area contributed by atoms with Gasteiger partial charge in [0, 0.05) is 49.6 Å². The molecule has 19 heavy (non-hydrogen) atoms. The zero-order chi connectivity index (χ0) is 14.1. The van der Waals surface area contributed by atoms with E-state index in [4.69, 9.17) is 9.47 Å². The molecule has 1 aromatic rings. The van der Waals surface area contributed by atoms with Gasteiger partial charge in [0.25, 0.3) is 0 Å². The second-order valence-electron chi connectivity index (χ2n) is 4.26. The van der Waals surface area contributed by atoms with E-state index in [9.17, 15) is 5.11 Å². The number of anilines is 1. The van der Waals surface area contributed by atoms with Crippen molar-refractivity contribution in [2.45, 2.75) is 13.0 Å². The van der Waals surface area contributed by atoms with Crippen molar-refractivity contribution in [3.05, 3.63) is 28.2 Å². The number of methoxy groups -OCH3 is 2. The molecule has 0 amide bonds. The van der Waals surface area contributed by atoms with Gasteiger partial charge in [0.2, 0.25) is 0 Å². The molecule has 0 heterocycles. The number of benzene rings is 1. The molecule has 0 fully saturated rings. The van der Waals surface area contributed by atoms with Crippen LogP contribution in [0.1, 0.15) is 12.0 Å². The summed E-state index contributed by atoms with van der Waals surface area (Å²) in [5.41, 5.74) is 1.97. The van der Waals surface area contributed by atoms with Crippen LogP contribution in [0.25, 0.3) is 0 Å². The van der Waals surface area contributed by atoms with Gasteiger partial charge < -0.3 is 19.5 Å². The highest BCUT2D eigenvalue weighted by Crippen LogP contribution is 2.25. The summed E-state index contributed by atoms with van der Waals surface area (Å²) < 4.78 is 11.3. The Morgan fingerprint density at radius 3 is 2.53 bits per heavy atom. The molecule has 1 aromatic carbocycles. The average molecular weight is 332 g/mol. The van der Waals surface area contributed by atoms with E-state index in [0.29, 0.717) is 6.61 Å². The normalized spacial score (nSPS) is 10.7. The number of nitrogens with zero attached hydrogens (tertiary/aromatic N) is 1. The van der Waals surface area contributed by atoms with Gasteiger partial charge >= 0.3 is 0 Å². The predicted octanol–water partition coefficient (Wildman–Crippen LogP) is 2.43. The summed E-state index contributed by atoms with van der Waals surface area (Å²) in [7, 11) is 3.40. The monoisotopic (exact) mass is 331 g/mol. The number of aliphatic hydroxyl groups excluding tert-OH is 1. The Hall–Kier alpha value is -0.620. The third-order valence-electron chi connectivity index (χ3n) is 2.90. The summed E-state index contributed by atoms with van der Waals surface area (Å²) in [5.74, 6) is 0. The van der Waals surface area contributed by atoms with Crippen molar-refractivity contribution in [1.82, 2.24) is 0 Å². The fourth-order valence-corrected chi connectivity index (χ4v) is 2.27. The minimum Gasteiger partial charge on any atom is -0.392 e. The molecule has 1 N–H and O–H groups in total. The fourth-order valence-electron chi connectivity index (χ4n) is 1.92. The van der Waals surface area contributed by atoms with Gasteiger partial charge in [-0.1, -0.05) is 22.0 Å². The zero-order valence-electron chi connectivity index (χ0n) is 11.6. The van der Waals surface area contributed by atoms with Gasteiger partial charge in [0.05, 0.1) is 13.2 Å². The largest absolute Gasteiger partial charge is 0.392 e. The van der Waals surface area contributed by atoms with Crippen LogP contribution in [-0.4, -0.2) is 45.6 Å². The van der Waals surface area contributed by atoms with Crippen LogP contribution in [-0.2, 0) is 16.1 Å². The Balaban J connectivity index is 2.84. The molecule has 0 aliphatic rings. The Morgan fingerprint density at radius 1 is 1.16 bits per heavy atom. The SMILES string of the molecule is COCCCN(CCOC)c1cc(Br)ccc1CO. The number of ether oxygens (including phenoxy) is 2. The molecular formula is C14H22BrNO3. The second kappa shape index (κ2) is 9.31. The van der Waals surface area contributed by atoms with Crippen LogP contribution in [0, 0.1) is 0 Å². The molecule has 0 bridgehead atoms. The van der Waals surface area contributed by atoms with Gasteiger partial charge in [-0.3, -0.25) is 0 Å². The third-order valence-corrected chi connectivity index (χ3v) is 3.39. The second-order valence-corrected chi connectivity index (χ2v) is 5.17. The van der Waals surface area contributed by atoms with Crippen molar-refractivity contribution in [2.75, 3.05) is 45.4 Å². The lowest BCUT2D eigenvalue weighted by Crippen LogP contribution is -2.30. The molecule has 108 valence electrons. The maximum Gasteiger partial charge on any atom is 0.0702 e. The molecule has 0 unspecified atom stereocenters. The standard InChI is InChI=1S/C14H22BrNO3/c1-18-8-3-6-16(7-9-19-2)14-10-13(15)5-4-12(14)11-17/h4-5,10,17H,3,6-9,11H2,1-2H3. The summed E-state index contributed by atoms with van der Waals surface area (Å²) in [5, 5.41) is 9.46. The summed E-state index contributed by atoms with van der Waals surface area (Å²) in [4.78, 5) is 2.22. The summed E-state index contributed by atoms with van der Waals surface area (Å²) in [6, 6.07) is 5.92. The Bertz CT molecular complexity index is 374. The van der Waals surface area contributed by atoms with Crippen molar-refractivity contribution in [3.8, 4) is 0 Å². The molecule has 0 aromatic heterocycles. The molecule has 0 saturated carbocycles. The molecular weight excluding hydrogens is 310 g/mol. The van der Waals surface area contributed by atoms with E-state index in [1.54, 1.807) is 14.2 Å². The van der Waals surface area contributed by atoms with Gasteiger partial charge in [-0.2, -0.15) is 0 Å². The van der Waals surface area contributed by atoms with Crippen molar-refractivity contribution in [3.63, 3.8) is 0 Å². The predicted molar refractivity (Wildman–Crippen MR) is 80.6 cm³/mol. The maximum absolute atomic E-state index is 9.46. The first-order valence-electron chi connectivity index (χ1n) is 6.35. The van der Waals surface area contributed by atoms with Gasteiger partial charge in [-0.25, -0.2) is 0 Å². The first kappa shape index (κ1) is 16.4. The summed E-state index contributed by atoms with van der Waals surface area (Å²) in [6.07, 6.45) is 0.942. The van der Waals surface area contributed by atoms with Crippen LogP contribution in [0.2, 0.25) is 0 Å². The van der Waals surface area contributed by atoms with E-state index in [1.165, 1.54) is 0 Å². The van der Waals surface area contributed by atoms with Crippen molar-refractivity contribution in [2.24, 2.45) is 0 Å². The number of hydrogen-bond acceptors (Lipinski definition) is 4. The van der Waals surface area contributed by atoms with E-state index in [0.717, 1.165) is 41.8 Å². The minimum absolute atomic E-state index is 0.0381. The van der Waals surface area contributed by atoms with Crippen LogP contribution in [0.3, 0.4) is 0 Å². The lowest BCUT2D eigenvalue weighted by molar-refractivity contribution is 0.191. The van der Waals surface area contributed by atoms with Crippen molar-refractivity contribution >= 4 is 21.6 Å². The highest BCUT2D eigenvalue weighted by molar-refractivity contribution is 9.10. The maximum atomic E-state index is 9.46. The number of aliphatic hydroxyl groups is 1. The molecule has 0 aliphatic heterocycles. The molecule has 0 saturated heterocycles. The topological polar surface area (TPSA) is 41.9 Å². The van der Waals surface area contributed by atoms with E-state index in [-0.39, 0.29) is 6.61 Å². The zero-order valence-corrected chi connectivity index (χ0v) is 13.1. The van der Waals surface area contributed by atoms with Crippen LogP contribution < -0.4 is 4.90 Å². The van der Waals surface area contributed by atoms with Gasteiger partial charge in [-0.15, -0.1) is 0 Å². The Kier molecular flexibility index (Phi) is 8.05. The van der Waals surface area contributed by atoms with Crippen LogP contribution in [0.4, 0.5) is 5.69 Å². The molecule has 5 heteroatoms. The molecule has 4 nitrogen and oxygen atoms in total. The van der Waals surface area contributed by atoms with Crippen LogP contribution in [0.5, 0.6) is 0 Å². The van der Waals surface area contributed by atoms with Crippen LogP contribution >= 0.6 is 15.9 Å². The summed E-state index contributed by atoms with van der Waals surface area (Å²) >= 11 is 3.48. The number of halogens is 1. The number of rotatable bonds is 9. The molecule has 0 aliphatic carbocycles. The highest BCUT2D eigenvalue weighted by Gasteiger charge is 2.11. The van der Waals surface area contributed by atoms with E-state index in [2.05, 4.69) is 20.8 Å². The lowest BCUT2D eigenvalue weighted by Gasteiger charge is -2.27. The van der Waals surface area contributed by atoms with Gasteiger partial charge in [-0.05, 0) is 18.6 Å². The van der Waals surface area contributed by atoms with Crippen molar-refractivity contribution in [1.29, 1.82) is 0 Å². The quantitative estimate of drug-likeness (QED) is 0.706.